The minimum absolute atomic E-state index is 0. The molecule has 0 saturated carbocycles. The summed E-state index contributed by atoms with van der Waals surface area (Å²) in [7, 11) is 0. The van der Waals surface area contributed by atoms with Gasteiger partial charge in [0.1, 0.15) is 0 Å². The largest absolute Gasteiger partial charge is 2.00 e. The van der Waals surface area contributed by atoms with Crippen LogP contribution in [0.2, 0.25) is 0 Å². The molecular formula is C13H11BrNiO2. The quantitative estimate of drug-likeness (QED) is 0.791. The van der Waals surface area contributed by atoms with Crippen LogP contribution in [0.5, 0.6) is 11.5 Å². The maximum absolute atomic E-state index is 11.3. The number of benzene rings is 2. The summed E-state index contributed by atoms with van der Waals surface area (Å²) < 4.78 is 0.934. The Bertz CT molecular complexity index is 540. The second-order valence-corrected chi connectivity index (χ2v) is 4.60. The number of fused-ring (bicyclic) bond motifs is 1. The van der Waals surface area contributed by atoms with Crippen LogP contribution in [-0.2, 0) is 22.9 Å². The van der Waals surface area contributed by atoms with E-state index in [1.54, 1.807) is 0 Å². The van der Waals surface area contributed by atoms with Crippen LogP contribution in [-0.4, -0.2) is 0 Å². The summed E-state index contributed by atoms with van der Waals surface area (Å²) in [6.07, 6.45) is 2.01. The van der Waals surface area contributed by atoms with Gasteiger partial charge in [-0.25, -0.2) is 0 Å². The Hall–Kier alpha value is -0.726. The summed E-state index contributed by atoms with van der Waals surface area (Å²) >= 11 is 3.50. The smallest absolute Gasteiger partial charge is 0.873 e. The monoisotopic (exact) mass is 336 g/mol. The van der Waals surface area contributed by atoms with Gasteiger partial charge in [-0.15, -0.1) is 11.5 Å². The second kappa shape index (κ2) is 5.74. The molecule has 0 saturated heterocycles. The van der Waals surface area contributed by atoms with E-state index in [4.69, 9.17) is 0 Å². The van der Waals surface area contributed by atoms with E-state index in [1.165, 1.54) is 17.7 Å². The van der Waals surface area contributed by atoms with Gasteiger partial charge in [0.15, 0.2) is 0 Å². The van der Waals surface area contributed by atoms with E-state index in [0.29, 0.717) is 0 Å². The van der Waals surface area contributed by atoms with E-state index < -0.39 is 11.5 Å². The molecule has 0 aliphatic heterocycles. The van der Waals surface area contributed by atoms with Crippen LogP contribution in [0, 0.1) is 0 Å². The normalized spacial score (nSPS) is 10.2. The molecule has 2 aromatic rings. The van der Waals surface area contributed by atoms with Crippen molar-refractivity contribution in [1.82, 2.24) is 0 Å². The fourth-order valence-corrected chi connectivity index (χ4v) is 2.48. The first-order valence-corrected chi connectivity index (χ1v) is 6.02. The molecule has 0 heterocycles. The summed E-state index contributed by atoms with van der Waals surface area (Å²) in [6, 6.07) is 6.71. The summed E-state index contributed by atoms with van der Waals surface area (Å²) in [4.78, 5) is 0. The maximum atomic E-state index is 11.3. The van der Waals surface area contributed by atoms with E-state index in [0.717, 1.165) is 28.1 Å². The molecule has 0 bridgehead atoms. The number of halogens is 1. The van der Waals surface area contributed by atoms with Gasteiger partial charge >= 0.3 is 16.5 Å². The fourth-order valence-electron chi connectivity index (χ4n) is 1.80. The summed E-state index contributed by atoms with van der Waals surface area (Å²) in [5, 5.41) is 24.2. The average Bonchev–Trinajstić information content (AvgIpc) is 2.26. The Morgan fingerprint density at radius 3 is 2.41 bits per heavy atom. The molecule has 4 heteroatoms. The SMILES string of the molecule is CCCc1ccc2cc([O-])c([O-])cc2c1Br.[Ni+2]. The molecule has 2 rings (SSSR count). The third kappa shape index (κ3) is 2.75. The van der Waals surface area contributed by atoms with Gasteiger partial charge in [0.2, 0.25) is 0 Å². The van der Waals surface area contributed by atoms with Crippen LogP contribution in [0.3, 0.4) is 0 Å². The van der Waals surface area contributed by atoms with Crippen LogP contribution in [0.4, 0.5) is 0 Å². The third-order valence-electron chi connectivity index (χ3n) is 2.62. The Morgan fingerprint density at radius 1 is 1.12 bits per heavy atom. The van der Waals surface area contributed by atoms with Crippen molar-refractivity contribution in [2.75, 3.05) is 0 Å². The van der Waals surface area contributed by atoms with Crippen LogP contribution < -0.4 is 10.2 Å². The minimum atomic E-state index is -0.443. The molecule has 0 amide bonds. The van der Waals surface area contributed by atoms with Crippen LogP contribution >= 0.6 is 15.9 Å². The Balaban J connectivity index is 0.00000144. The van der Waals surface area contributed by atoms with Crippen molar-refractivity contribution in [3.05, 3.63) is 34.3 Å². The van der Waals surface area contributed by atoms with Gasteiger partial charge in [-0.05, 0) is 38.7 Å². The van der Waals surface area contributed by atoms with Gasteiger partial charge in [0, 0.05) is 4.47 Å². The van der Waals surface area contributed by atoms with E-state index in [2.05, 4.69) is 22.9 Å². The zero-order chi connectivity index (χ0) is 11.7. The van der Waals surface area contributed by atoms with Gasteiger partial charge in [-0.1, -0.05) is 37.6 Å². The van der Waals surface area contributed by atoms with Gasteiger partial charge in [0.25, 0.3) is 0 Å². The molecule has 0 aliphatic rings. The molecule has 0 spiro atoms. The third-order valence-corrected chi connectivity index (χ3v) is 3.55. The van der Waals surface area contributed by atoms with E-state index in [-0.39, 0.29) is 16.5 Å². The average molecular weight is 338 g/mol. The summed E-state index contributed by atoms with van der Waals surface area (Å²) in [6.45, 7) is 2.11. The Kier molecular flexibility index (Phi) is 4.84. The number of rotatable bonds is 2. The zero-order valence-electron chi connectivity index (χ0n) is 9.23. The standard InChI is InChI=1S/C13H13BrO2.Ni/c1-2-3-8-4-5-9-6-11(15)12(16)7-10(9)13(8)14;/h4-7,15-16H,2-3H2,1H3;/q;+2/p-2. The Morgan fingerprint density at radius 2 is 1.76 bits per heavy atom. The van der Waals surface area contributed by atoms with Crippen molar-refractivity contribution in [3.8, 4) is 11.5 Å². The minimum Gasteiger partial charge on any atom is -0.873 e. The molecule has 0 fully saturated rings. The number of hydrogen-bond acceptors (Lipinski definition) is 2. The van der Waals surface area contributed by atoms with Crippen molar-refractivity contribution < 1.29 is 26.7 Å². The van der Waals surface area contributed by atoms with Crippen molar-refractivity contribution in [3.63, 3.8) is 0 Å². The molecular weight excluding hydrogens is 327 g/mol. The number of aryl methyl sites for hydroxylation is 1. The van der Waals surface area contributed by atoms with Crippen molar-refractivity contribution >= 4 is 26.7 Å². The van der Waals surface area contributed by atoms with Crippen LogP contribution in [0.15, 0.2) is 28.7 Å². The van der Waals surface area contributed by atoms with Gasteiger partial charge in [-0.3, -0.25) is 0 Å². The second-order valence-electron chi connectivity index (χ2n) is 3.81. The van der Waals surface area contributed by atoms with Gasteiger partial charge in [-0.2, -0.15) is 0 Å². The van der Waals surface area contributed by atoms with E-state index in [9.17, 15) is 10.2 Å². The topological polar surface area (TPSA) is 46.1 Å². The first kappa shape index (κ1) is 14.3. The summed E-state index contributed by atoms with van der Waals surface area (Å²) in [5.74, 6) is -0.885. The van der Waals surface area contributed by atoms with Crippen LogP contribution in [0.1, 0.15) is 18.9 Å². The molecule has 2 aromatic carbocycles. The van der Waals surface area contributed by atoms with Gasteiger partial charge < -0.3 is 10.2 Å². The number of hydrogen-bond donors (Lipinski definition) is 0. The molecule has 0 N–H and O–H groups in total. The van der Waals surface area contributed by atoms with Gasteiger partial charge in [0.05, 0.1) is 0 Å². The molecule has 0 aliphatic carbocycles. The van der Waals surface area contributed by atoms with Crippen LogP contribution in [0.25, 0.3) is 10.8 Å². The molecule has 0 aromatic heterocycles. The first-order chi connectivity index (χ1) is 7.63. The van der Waals surface area contributed by atoms with E-state index >= 15 is 0 Å². The Labute approximate surface area is 119 Å². The molecule has 2 nitrogen and oxygen atoms in total. The van der Waals surface area contributed by atoms with E-state index in [1.807, 2.05) is 12.1 Å². The predicted octanol–water partition coefficient (Wildman–Crippen LogP) is 2.70. The van der Waals surface area contributed by atoms with Crippen molar-refractivity contribution in [2.24, 2.45) is 0 Å². The van der Waals surface area contributed by atoms with Crippen molar-refractivity contribution in [2.45, 2.75) is 19.8 Å². The molecule has 0 unspecified atom stereocenters. The molecule has 17 heavy (non-hydrogen) atoms. The predicted molar refractivity (Wildman–Crippen MR) is 64.5 cm³/mol. The first-order valence-electron chi connectivity index (χ1n) is 5.22. The fraction of sp³-hybridized carbons (Fsp3) is 0.231. The maximum Gasteiger partial charge on any atom is 2.00 e. The zero-order valence-corrected chi connectivity index (χ0v) is 11.8. The molecule has 0 radical (unpaired) electrons. The van der Waals surface area contributed by atoms with Crippen molar-refractivity contribution in [1.29, 1.82) is 0 Å². The summed E-state index contributed by atoms with van der Waals surface area (Å²) in [5.41, 5.74) is 1.17. The molecule has 0 atom stereocenters. The molecule has 92 valence electrons.